The van der Waals surface area contributed by atoms with Gasteiger partial charge in [-0.05, 0) is 18.6 Å². The average molecular weight is 357 g/mol. The number of hydrogen-bond donors (Lipinski definition) is 1. The predicted octanol–water partition coefficient (Wildman–Crippen LogP) is 5.62. The summed E-state index contributed by atoms with van der Waals surface area (Å²) in [7, 11) is 0. The number of aromatic nitrogens is 1. The van der Waals surface area contributed by atoms with Crippen LogP contribution in [-0.4, -0.2) is 4.98 Å². The van der Waals surface area contributed by atoms with E-state index in [1.54, 1.807) is 13.0 Å². The first-order valence-corrected chi connectivity index (χ1v) is 6.94. The molecule has 2 rings (SSSR count). The van der Waals surface area contributed by atoms with Crippen molar-refractivity contribution in [3.8, 4) is 11.1 Å². The molecule has 0 saturated carbocycles. The highest BCUT2D eigenvalue weighted by atomic mass is 35.5. The van der Waals surface area contributed by atoms with Crippen molar-refractivity contribution in [2.75, 3.05) is 0 Å². The van der Waals surface area contributed by atoms with Crippen LogP contribution in [0.4, 0.5) is 0 Å². The predicted molar refractivity (Wildman–Crippen MR) is 82.3 cm³/mol. The van der Waals surface area contributed by atoms with Crippen LogP contribution in [-0.2, 0) is 0 Å². The van der Waals surface area contributed by atoms with E-state index in [0.29, 0.717) is 16.8 Å². The SMILES string of the molecule is Cc1cc(-c2c(Cl)c(Cl)c(Cl)c(Cl)c2Cl)cc(=O)[nH]1. The maximum Gasteiger partial charge on any atom is 0.248 e. The highest BCUT2D eigenvalue weighted by molar-refractivity contribution is 6.56. The molecule has 1 aromatic carbocycles. The fraction of sp³-hybridized carbons (Fsp3) is 0.0833. The summed E-state index contributed by atoms with van der Waals surface area (Å²) in [6.45, 7) is 1.74. The van der Waals surface area contributed by atoms with Gasteiger partial charge >= 0.3 is 0 Å². The van der Waals surface area contributed by atoms with Crippen molar-refractivity contribution in [2.45, 2.75) is 6.92 Å². The van der Waals surface area contributed by atoms with Gasteiger partial charge in [0.1, 0.15) is 0 Å². The average Bonchev–Trinajstić information content (AvgIpc) is 2.33. The zero-order chi connectivity index (χ0) is 14.3. The minimum Gasteiger partial charge on any atom is -0.326 e. The lowest BCUT2D eigenvalue weighted by molar-refractivity contribution is 1.14. The normalized spacial score (nSPS) is 10.8. The number of rotatable bonds is 1. The van der Waals surface area contributed by atoms with Gasteiger partial charge in [0.15, 0.2) is 0 Å². The van der Waals surface area contributed by atoms with Crippen LogP contribution in [0.3, 0.4) is 0 Å². The molecule has 0 fully saturated rings. The molecule has 1 heterocycles. The first-order valence-electron chi connectivity index (χ1n) is 5.05. The van der Waals surface area contributed by atoms with Crippen LogP contribution in [0.1, 0.15) is 5.69 Å². The molecule has 19 heavy (non-hydrogen) atoms. The summed E-state index contributed by atoms with van der Waals surface area (Å²) in [5, 5.41) is 0.608. The molecule has 1 aromatic heterocycles. The molecular weight excluding hydrogens is 351 g/mol. The molecule has 0 bridgehead atoms. The largest absolute Gasteiger partial charge is 0.326 e. The third-order valence-electron chi connectivity index (χ3n) is 2.48. The monoisotopic (exact) mass is 355 g/mol. The van der Waals surface area contributed by atoms with E-state index in [9.17, 15) is 4.79 Å². The highest BCUT2D eigenvalue weighted by Crippen LogP contribution is 2.47. The van der Waals surface area contributed by atoms with Gasteiger partial charge in [0.25, 0.3) is 0 Å². The summed E-state index contributed by atoms with van der Waals surface area (Å²) in [6, 6.07) is 3.08. The standard InChI is InChI=1S/C12H6Cl5NO/c1-4-2-5(3-6(19)18-4)7-8(13)10(15)12(17)11(16)9(7)14/h2-3H,1H3,(H,18,19). The van der Waals surface area contributed by atoms with Crippen LogP contribution in [0.5, 0.6) is 0 Å². The number of hydrogen-bond acceptors (Lipinski definition) is 1. The zero-order valence-corrected chi connectivity index (χ0v) is 13.2. The summed E-state index contributed by atoms with van der Waals surface area (Å²) in [5.74, 6) is 0. The molecule has 2 nitrogen and oxygen atoms in total. The molecule has 0 radical (unpaired) electrons. The molecule has 0 unspecified atom stereocenters. The molecule has 0 atom stereocenters. The molecule has 100 valence electrons. The van der Waals surface area contributed by atoms with Gasteiger partial charge in [0, 0.05) is 17.3 Å². The fourth-order valence-corrected chi connectivity index (χ4v) is 3.04. The van der Waals surface area contributed by atoms with Gasteiger partial charge in [0.2, 0.25) is 5.56 Å². The second-order valence-electron chi connectivity index (χ2n) is 3.86. The van der Waals surface area contributed by atoms with Crippen molar-refractivity contribution in [1.82, 2.24) is 4.98 Å². The van der Waals surface area contributed by atoms with Crippen molar-refractivity contribution < 1.29 is 0 Å². The van der Waals surface area contributed by atoms with Crippen molar-refractivity contribution in [2.24, 2.45) is 0 Å². The van der Waals surface area contributed by atoms with Crippen molar-refractivity contribution in [1.29, 1.82) is 0 Å². The number of aryl methyl sites for hydroxylation is 1. The van der Waals surface area contributed by atoms with Gasteiger partial charge in [-0.1, -0.05) is 58.0 Å². The van der Waals surface area contributed by atoms with E-state index in [2.05, 4.69) is 4.98 Å². The topological polar surface area (TPSA) is 32.9 Å². The Labute approximate surface area is 134 Å². The lowest BCUT2D eigenvalue weighted by Crippen LogP contribution is -2.06. The van der Waals surface area contributed by atoms with Crippen molar-refractivity contribution in [3.05, 3.63) is 53.3 Å². The summed E-state index contributed by atoms with van der Waals surface area (Å²) in [6.07, 6.45) is 0. The first kappa shape index (κ1) is 15.0. The Morgan fingerprint density at radius 1 is 0.842 bits per heavy atom. The number of halogens is 5. The Bertz CT molecular complexity index is 694. The van der Waals surface area contributed by atoms with E-state index in [-0.39, 0.29) is 30.7 Å². The molecule has 0 aliphatic rings. The van der Waals surface area contributed by atoms with Crippen LogP contribution in [0.25, 0.3) is 11.1 Å². The quantitative estimate of drug-likeness (QED) is 0.522. The van der Waals surface area contributed by atoms with Crippen LogP contribution in [0.15, 0.2) is 16.9 Å². The van der Waals surface area contributed by atoms with E-state index in [4.69, 9.17) is 58.0 Å². The maximum absolute atomic E-state index is 11.5. The van der Waals surface area contributed by atoms with Gasteiger partial charge in [-0.2, -0.15) is 0 Å². The fourth-order valence-electron chi connectivity index (χ4n) is 1.69. The Kier molecular flexibility index (Phi) is 4.38. The molecule has 0 aliphatic heterocycles. The van der Waals surface area contributed by atoms with Gasteiger partial charge in [0.05, 0.1) is 25.1 Å². The van der Waals surface area contributed by atoms with E-state index in [0.717, 1.165) is 0 Å². The number of pyridine rings is 1. The second-order valence-corrected chi connectivity index (χ2v) is 5.75. The summed E-state index contributed by atoms with van der Waals surface area (Å²) < 4.78 is 0. The Balaban J connectivity index is 2.86. The Hall–Kier alpha value is -0.380. The minimum atomic E-state index is -0.274. The lowest BCUT2D eigenvalue weighted by Gasteiger charge is -2.12. The van der Waals surface area contributed by atoms with E-state index < -0.39 is 0 Å². The number of benzene rings is 1. The van der Waals surface area contributed by atoms with Crippen LogP contribution < -0.4 is 5.56 Å². The van der Waals surface area contributed by atoms with Gasteiger partial charge in [-0.3, -0.25) is 4.79 Å². The number of nitrogens with one attached hydrogen (secondary N) is 1. The molecule has 0 amide bonds. The highest BCUT2D eigenvalue weighted by Gasteiger charge is 2.20. The third-order valence-corrected chi connectivity index (χ3v) is 4.75. The van der Waals surface area contributed by atoms with Gasteiger partial charge in [-0.25, -0.2) is 0 Å². The molecule has 1 N–H and O–H groups in total. The molecule has 0 saturated heterocycles. The second kappa shape index (κ2) is 5.55. The molecule has 0 spiro atoms. The van der Waals surface area contributed by atoms with E-state index >= 15 is 0 Å². The minimum absolute atomic E-state index is 0.0867. The molecule has 7 heteroatoms. The maximum atomic E-state index is 11.5. The van der Waals surface area contributed by atoms with Gasteiger partial charge in [-0.15, -0.1) is 0 Å². The van der Waals surface area contributed by atoms with E-state index in [1.807, 2.05) is 0 Å². The molecule has 0 aliphatic carbocycles. The number of aromatic amines is 1. The summed E-state index contributed by atoms with van der Waals surface area (Å²) in [4.78, 5) is 14.1. The summed E-state index contributed by atoms with van der Waals surface area (Å²) in [5.41, 5.74) is 1.30. The molecule has 2 aromatic rings. The Morgan fingerprint density at radius 3 is 1.79 bits per heavy atom. The van der Waals surface area contributed by atoms with Crippen LogP contribution >= 0.6 is 58.0 Å². The van der Waals surface area contributed by atoms with Crippen molar-refractivity contribution >= 4 is 58.0 Å². The van der Waals surface area contributed by atoms with Crippen molar-refractivity contribution in [3.63, 3.8) is 0 Å². The summed E-state index contributed by atoms with van der Waals surface area (Å²) >= 11 is 30.2. The zero-order valence-electron chi connectivity index (χ0n) is 9.45. The third kappa shape index (κ3) is 2.74. The lowest BCUT2D eigenvalue weighted by atomic mass is 10.1. The Morgan fingerprint density at radius 2 is 1.32 bits per heavy atom. The van der Waals surface area contributed by atoms with Crippen LogP contribution in [0, 0.1) is 6.92 Å². The smallest absolute Gasteiger partial charge is 0.248 e. The van der Waals surface area contributed by atoms with Gasteiger partial charge < -0.3 is 4.98 Å². The van der Waals surface area contributed by atoms with E-state index in [1.165, 1.54) is 6.07 Å². The number of H-pyrrole nitrogens is 1. The first-order chi connectivity index (χ1) is 8.82. The van der Waals surface area contributed by atoms with Crippen LogP contribution in [0.2, 0.25) is 25.1 Å². The molecular formula is C12H6Cl5NO.